The first-order valence-electron chi connectivity index (χ1n) is 5.94. The van der Waals surface area contributed by atoms with Crippen molar-refractivity contribution >= 4 is 11.3 Å². The summed E-state index contributed by atoms with van der Waals surface area (Å²) >= 11 is 1.91. The van der Waals surface area contributed by atoms with Gasteiger partial charge in [0.1, 0.15) is 0 Å². The van der Waals surface area contributed by atoms with Gasteiger partial charge in [-0.05, 0) is 43.7 Å². The molecule has 84 valence electrons. The molecular weight excluding hydrogens is 202 g/mol. The molecule has 1 N–H and O–H groups in total. The van der Waals surface area contributed by atoms with Gasteiger partial charge in [0.05, 0.1) is 0 Å². The van der Waals surface area contributed by atoms with Crippen LogP contribution >= 0.6 is 11.3 Å². The molecule has 1 heterocycles. The first-order chi connectivity index (χ1) is 7.15. The van der Waals surface area contributed by atoms with Crippen LogP contribution in [-0.4, -0.2) is 6.04 Å². The fraction of sp³-hybridized carbons (Fsp3) is 0.692. The highest BCUT2D eigenvalue weighted by Gasteiger charge is 2.30. The van der Waals surface area contributed by atoms with Crippen LogP contribution in [0.3, 0.4) is 0 Å². The molecule has 1 aromatic heterocycles. The van der Waals surface area contributed by atoms with Crippen LogP contribution in [0.1, 0.15) is 36.4 Å². The molecule has 0 bridgehead atoms. The number of nitrogens with one attached hydrogen (secondary N) is 1. The first kappa shape index (κ1) is 11.2. The number of thiophene rings is 1. The standard InChI is InChI=1S/C13H21NS/c1-9(2)11-6-12(7-11)14-8-13-5-4-10(3)15-13/h4-5,9,11-12,14H,6-8H2,1-3H3. The van der Waals surface area contributed by atoms with E-state index in [0.717, 1.165) is 24.4 Å². The maximum atomic E-state index is 3.64. The number of rotatable bonds is 4. The molecule has 1 aliphatic carbocycles. The lowest BCUT2D eigenvalue weighted by atomic mass is 9.74. The summed E-state index contributed by atoms with van der Waals surface area (Å²) in [5.74, 6) is 1.83. The van der Waals surface area contributed by atoms with Crippen LogP contribution in [0.2, 0.25) is 0 Å². The van der Waals surface area contributed by atoms with E-state index < -0.39 is 0 Å². The van der Waals surface area contributed by atoms with E-state index in [9.17, 15) is 0 Å². The summed E-state index contributed by atoms with van der Waals surface area (Å²) in [6.07, 6.45) is 2.75. The van der Waals surface area contributed by atoms with Crippen molar-refractivity contribution in [1.29, 1.82) is 0 Å². The minimum atomic E-state index is 0.778. The topological polar surface area (TPSA) is 12.0 Å². The Morgan fingerprint density at radius 3 is 2.67 bits per heavy atom. The maximum absolute atomic E-state index is 3.64. The molecule has 2 heteroatoms. The molecule has 0 saturated heterocycles. The highest BCUT2D eigenvalue weighted by molar-refractivity contribution is 7.11. The second-order valence-electron chi connectivity index (χ2n) is 5.07. The largest absolute Gasteiger partial charge is 0.309 e. The van der Waals surface area contributed by atoms with Crippen LogP contribution in [-0.2, 0) is 6.54 Å². The molecule has 1 saturated carbocycles. The molecule has 0 atom stereocenters. The van der Waals surface area contributed by atoms with E-state index in [1.807, 2.05) is 11.3 Å². The summed E-state index contributed by atoms with van der Waals surface area (Å²) in [6, 6.07) is 5.23. The molecule has 1 fully saturated rings. The molecular formula is C13H21NS. The zero-order valence-electron chi connectivity index (χ0n) is 9.92. The lowest BCUT2D eigenvalue weighted by Crippen LogP contribution is -2.42. The Morgan fingerprint density at radius 1 is 1.40 bits per heavy atom. The fourth-order valence-electron chi connectivity index (χ4n) is 2.20. The van der Waals surface area contributed by atoms with Gasteiger partial charge >= 0.3 is 0 Å². The Hall–Kier alpha value is -0.340. The number of hydrogen-bond donors (Lipinski definition) is 1. The summed E-state index contributed by atoms with van der Waals surface area (Å²) in [6.45, 7) is 7.91. The highest BCUT2D eigenvalue weighted by Crippen LogP contribution is 2.33. The van der Waals surface area contributed by atoms with E-state index in [4.69, 9.17) is 0 Å². The number of hydrogen-bond acceptors (Lipinski definition) is 2. The average molecular weight is 223 g/mol. The Bertz CT molecular complexity index is 310. The highest BCUT2D eigenvalue weighted by atomic mass is 32.1. The molecule has 1 nitrogen and oxygen atoms in total. The van der Waals surface area contributed by atoms with Crippen molar-refractivity contribution in [3.05, 3.63) is 21.9 Å². The summed E-state index contributed by atoms with van der Waals surface area (Å²) in [5, 5.41) is 3.64. The predicted molar refractivity (Wildman–Crippen MR) is 67.2 cm³/mol. The van der Waals surface area contributed by atoms with Gasteiger partial charge in [-0.3, -0.25) is 0 Å². The van der Waals surface area contributed by atoms with E-state index in [1.54, 1.807) is 0 Å². The second kappa shape index (κ2) is 4.67. The molecule has 2 rings (SSSR count). The van der Waals surface area contributed by atoms with Crippen LogP contribution in [0.5, 0.6) is 0 Å². The third-order valence-electron chi connectivity index (χ3n) is 3.48. The first-order valence-corrected chi connectivity index (χ1v) is 6.75. The van der Waals surface area contributed by atoms with Crippen LogP contribution < -0.4 is 5.32 Å². The van der Waals surface area contributed by atoms with Gasteiger partial charge in [-0.15, -0.1) is 11.3 Å². The average Bonchev–Trinajstić information content (AvgIpc) is 2.48. The number of aryl methyl sites for hydroxylation is 1. The van der Waals surface area contributed by atoms with Gasteiger partial charge in [0.15, 0.2) is 0 Å². The zero-order valence-corrected chi connectivity index (χ0v) is 10.7. The Morgan fingerprint density at radius 2 is 2.13 bits per heavy atom. The summed E-state index contributed by atoms with van der Waals surface area (Å²) in [7, 11) is 0. The molecule has 0 amide bonds. The van der Waals surface area contributed by atoms with E-state index in [2.05, 4.69) is 38.2 Å². The molecule has 0 aromatic carbocycles. The Kier molecular flexibility index (Phi) is 3.47. The summed E-state index contributed by atoms with van der Waals surface area (Å²) < 4.78 is 0. The molecule has 0 radical (unpaired) electrons. The normalized spacial score (nSPS) is 25.6. The third-order valence-corrected chi connectivity index (χ3v) is 4.48. The minimum absolute atomic E-state index is 0.778. The quantitative estimate of drug-likeness (QED) is 0.822. The van der Waals surface area contributed by atoms with E-state index in [1.165, 1.54) is 22.6 Å². The van der Waals surface area contributed by atoms with Gasteiger partial charge in [-0.25, -0.2) is 0 Å². The van der Waals surface area contributed by atoms with Gasteiger partial charge < -0.3 is 5.32 Å². The predicted octanol–water partition coefficient (Wildman–Crippen LogP) is 3.58. The molecule has 1 aliphatic rings. The van der Waals surface area contributed by atoms with Crippen LogP contribution in [0, 0.1) is 18.8 Å². The minimum Gasteiger partial charge on any atom is -0.309 e. The summed E-state index contributed by atoms with van der Waals surface area (Å²) in [5.41, 5.74) is 0. The van der Waals surface area contributed by atoms with E-state index in [-0.39, 0.29) is 0 Å². The fourth-order valence-corrected chi connectivity index (χ4v) is 3.04. The lowest BCUT2D eigenvalue weighted by molar-refractivity contribution is 0.168. The van der Waals surface area contributed by atoms with Crippen molar-refractivity contribution in [2.75, 3.05) is 0 Å². The van der Waals surface area contributed by atoms with Crippen LogP contribution in [0.25, 0.3) is 0 Å². The second-order valence-corrected chi connectivity index (χ2v) is 6.44. The summed E-state index contributed by atoms with van der Waals surface area (Å²) in [4.78, 5) is 2.89. The van der Waals surface area contributed by atoms with Gasteiger partial charge in [0.2, 0.25) is 0 Å². The Balaban J connectivity index is 1.68. The van der Waals surface area contributed by atoms with Crippen molar-refractivity contribution < 1.29 is 0 Å². The van der Waals surface area contributed by atoms with Crippen molar-refractivity contribution in [2.45, 2.75) is 46.2 Å². The van der Waals surface area contributed by atoms with Gasteiger partial charge in [-0.2, -0.15) is 0 Å². The maximum Gasteiger partial charge on any atom is 0.0302 e. The third kappa shape index (κ3) is 2.82. The van der Waals surface area contributed by atoms with Crippen molar-refractivity contribution in [3.63, 3.8) is 0 Å². The Labute approximate surface area is 96.9 Å². The lowest BCUT2D eigenvalue weighted by Gasteiger charge is -2.38. The molecule has 15 heavy (non-hydrogen) atoms. The van der Waals surface area contributed by atoms with Crippen molar-refractivity contribution in [3.8, 4) is 0 Å². The molecule has 0 aliphatic heterocycles. The molecule has 1 aromatic rings. The van der Waals surface area contributed by atoms with Gasteiger partial charge in [0.25, 0.3) is 0 Å². The SMILES string of the molecule is Cc1ccc(CNC2CC(C(C)C)C2)s1. The smallest absolute Gasteiger partial charge is 0.0302 e. The van der Waals surface area contributed by atoms with Crippen molar-refractivity contribution in [2.24, 2.45) is 11.8 Å². The molecule has 0 spiro atoms. The van der Waals surface area contributed by atoms with Crippen LogP contribution in [0.4, 0.5) is 0 Å². The van der Waals surface area contributed by atoms with Gasteiger partial charge in [-0.1, -0.05) is 13.8 Å². The zero-order chi connectivity index (χ0) is 10.8. The molecule has 0 unspecified atom stereocenters. The van der Waals surface area contributed by atoms with E-state index in [0.29, 0.717) is 0 Å². The van der Waals surface area contributed by atoms with Crippen LogP contribution in [0.15, 0.2) is 12.1 Å². The van der Waals surface area contributed by atoms with Crippen molar-refractivity contribution in [1.82, 2.24) is 5.32 Å². The monoisotopic (exact) mass is 223 g/mol. The van der Waals surface area contributed by atoms with Gasteiger partial charge in [0, 0.05) is 22.3 Å². The van der Waals surface area contributed by atoms with E-state index >= 15 is 0 Å².